The first-order chi connectivity index (χ1) is 35.7. The number of nitrogens with two attached hydrogens (primary N) is 7. The number of hydrogen-bond acceptors (Lipinski definition) is 16. The van der Waals surface area contributed by atoms with Gasteiger partial charge in [0.1, 0.15) is 48.3 Å². The number of nitrogens with one attached hydrogen (secondary N) is 8. The van der Waals surface area contributed by atoms with Crippen LogP contribution in [0, 0.1) is 17.8 Å². The summed E-state index contributed by atoms with van der Waals surface area (Å²) in [6.45, 7) is 10.8. The van der Waals surface area contributed by atoms with Crippen LogP contribution in [0.2, 0.25) is 0 Å². The number of amides is 8. The van der Waals surface area contributed by atoms with Gasteiger partial charge in [0.2, 0.25) is 47.3 Å². The van der Waals surface area contributed by atoms with Crippen LogP contribution in [0.15, 0.2) is 15.0 Å². The van der Waals surface area contributed by atoms with E-state index < -0.39 is 119 Å². The van der Waals surface area contributed by atoms with Gasteiger partial charge in [-0.15, -0.1) is 0 Å². The van der Waals surface area contributed by atoms with E-state index in [0.717, 1.165) is 0 Å². The number of carbonyl (C=O) groups is 9. The lowest BCUT2D eigenvalue weighted by molar-refractivity contribution is -0.142. The average molecular weight is 1140 g/mol. The third-order valence-electron chi connectivity index (χ3n) is 11.8. The summed E-state index contributed by atoms with van der Waals surface area (Å²) in [5, 5.41) is 30.3. The molecule has 434 valence electrons. The minimum Gasteiger partial charge on any atom is -0.480 e. The van der Waals surface area contributed by atoms with E-state index in [1.54, 1.807) is 41.5 Å². The Morgan fingerprint density at radius 3 is 1.09 bits per heavy atom. The summed E-state index contributed by atoms with van der Waals surface area (Å²) < 4.78 is 0. The number of guanidine groups is 3. The Bertz CT molecular complexity index is 1990. The van der Waals surface area contributed by atoms with E-state index in [0.29, 0.717) is 19.3 Å². The smallest absolute Gasteiger partial charge is 0.327 e. The van der Waals surface area contributed by atoms with E-state index in [1.165, 1.54) is 0 Å². The normalized spacial score (nSPS) is 15.4. The Labute approximate surface area is 461 Å². The summed E-state index contributed by atoms with van der Waals surface area (Å²) in [4.78, 5) is 134. The lowest BCUT2D eigenvalue weighted by Crippen LogP contribution is -2.61. The summed E-state index contributed by atoms with van der Waals surface area (Å²) in [6.07, 6.45) is 1.60. The van der Waals surface area contributed by atoms with E-state index in [4.69, 9.17) is 40.1 Å². The largest absolute Gasteiger partial charge is 0.480 e. The van der Waals surface area contributed by atoms with Gasteiger partial charge in [-0.3, -0.25) is 53.3 Å². The maximum atomic E-state index is 14.3. The summed E-state index contributed by atoms with van der Waals surface area (Å²) in [6, 6.07) is -11.4. The minimum atomic E-state index is -1.38. The molecule has 0 bridgehead atoms. The number of carboxylic acids is 1. The lowest BCUT2D eigenvalue weighted by atomic mass is 9.97. The fourth-order valence-corrected chi connectivity index (χ4v) is 7.76. The number of aliphatic carboxylic acids is 1. The van der Waals surface area contributed by atoms with Gasteiger partial charge in [0.25, 0.3) is 0 Å². The molecule has 0 aromatic carbocycles. The number of carbonyl (C=O) groups excluding carboxylic acids is 8. The molecule has 0 aliphatic rings. The molecular weight excluding hydrogens is 1050 g/mol. The molecule has 0 radical (unpaired) electrons. The number of hydrogen-bond donors (Lipinski definition) is 19. The highest BCUT2D eigenvalue weighted by Crippen LogP contribution is 2.14. The Morgan fingerprint density at radius 1 is 0.434 bits per heavy atom. The number of nitrogens with zero attached hydrogens (tertiary/aromatic N) is 3. The molecule has 0 saturated heterocycles. The van der Waals surface area contributed by atoms with E-state index in [9.17, 15) is 48.3 Å². The van der Waals surface area contributed by atoms with Crippen LogP contribution in [0.25, 0.3) is 0 Å². The zero-order chi connectivity index (χ0) is 58.2. The maximum Gasteiger partial charge on any atom is 0.327 e. The second-order valence-electron chi connectivity index (χ2n) is 18.6. The first-order valence-corrected chi connectivity index (χ1v) is 27.0. The quantitative estimate of drug-likeness (QED) is 0.0120. The molecule has 0 spiro atoms. The number of aliphatic imine (C=N–C) groups is 3. The zero-order valence-corrected chi connectivity index (χ0v) is 47.1. The Morgan fingerprint density at radius 2 is 0.737 bits per heavy atom. The van der Waals surface area contributed by atoms with Crippen LogP contribution in [-0.4, -0.2) is 167 Å². The highest BCUT2D eigenvalue weighted by atomic mass is 32.1. The summed E-state index contributed by atoms with van der Waals surface area (Å²) >= 11 is 12.5. The fraction of sp³-hybridized carbons (Fsp3) is 0.733. The molecule has 0 aromatic rings. The standard InChI is InChI=1S/C45H86N18O10S3/c1-7-23(5)32(63-39(69)30(20-75)59-34(64)25(46)12-9-15-53-43(47)48)40(70)60-29(19-74)38(68)57-26(13-10-16-54-44(49)50)35(65)58-28(18-22(3)4)37(67)56-27(14-11-17-55-45(51)52)36(66)62-33(24(6)8-2)41(71)61-31(21-76)42(72)73/h22-33,74-76H,7-21,46H2,1-6H3,(H,56,67)(H,57,68)(H,58,65)(H,59,64)(H,60,70)(H,61,71)(H,62,66)(H,63,69)(H,72,73)(H4,47,48,53)(H4,49,50,54)(H4,51,52,55)/t23-,24-,25-,26-,27-,28-,29-,30-,31-,32-,33-/m0/s1. The maximum absolute atomic E-state index is 14.3. The first kappa shape index (κ1) is 70.1. The van der Waals surface area contributed by atoms with Crippen molar-refractivity contribution in [3.8, 4) is 0 Å². The topological polar surface area (TPSA) is 489 Å². The third-order valence-corrected chi connectivity index (χ3v) is 12.9. The first-order valence-electron chi connectivity index (χ1n) is 25.1. The minimum absolute atomic E-state index is 0.0378. The predicted octanol–water partition coefficient (Wildman–Crippen LogP) is -4.63. The molecular formula is C45H86N18O10S3. The van der Waals surface area contributed by atoms with E-state index >= 15 is 0 Å². The molecule has 0 aliphatic carbocycles. The molecule has 0 rings (SSSR count). The van der Waals surface area contributed by atoms with Crippen molar-refractivity contribution < 1.29 is 48.3 Å². The molecule has 0 fully saturated rings. The molecule has 0 aliphatic heterocycles. The van der Waals surface area contributed by atoms with Gasteiger partial charge in [0.15, 0.2) is 17.9 Å². The number of rotatable bonds is 38. The summed E-state index contributed by atoms with van der Waals surface area (Å²) in [5.41, 5.74) is 38.7. The Hall–Kier alpha value is -5.95. The average Bonchev–Trinajstić information content (AvgIpc) is 3.35. The third kappa shape index (κ3) is 27.7. The predicted molar refractivity (Wildman–Crippen MR) is 301 cm³/mol. The van der Waals surface area contributed by atoms with Crippen LogP contribution in [0.5, 0.6) is 0 Å². The summed E-state index contributed by atoms with van der Waals surface area (Å²) in [7, 11) is 0. The Kier molecular flexibility index (Phi) is 34.8. The fourth-order valence-electron chi connectivity index (χ4n) is 7.00. The van der Waals surface area contributed by atoms with Crippen molar-refractivity contribution in [2.75, 3.05) is 36.9 Å². The van der Waals surface area contributed by atoms with Crippen LogP contribution in [0.4, 0.5) is 0 Å². The summed E-state index contributed by atoms with van der Waals surface area (Å²) in [5.74, 6) is -10.0. The van der Waals surface area contributed by atoms with Gasteiger partial charge in [-0.05, 0) is 62.7 Å². The van der Waals surface area contributed by atoms with Gasteiger partial charge in [0, 0.05) is 36.9 Å². The highest BCUT2D eigenvalue weighted by molar-refractivity contribution is 7.80. The molecule has 76 heavy (non-hydrogen) atoms. The molecule has 8 amide bonds. The SMILES string of the molecule is CC[C@H](C)[C@H](NC(=O)[C@H](CCCN=C(N)N)NC(=O)[C@H](CC(C)C)NC(=O)[C@H](CCCN=C(N)N)NC(=O)[C@H](CS)NC(=O)[C@@H](NC(=O)[C@H](CS)NC(=O)[C@@H](N)CCCN=C(N)N)[C@@H](C)CC)C(=O)N[C@@H](CS)C(=O)O. The van der Waals surface area contributed by atoms with Crippen LogP contribution < -0.4 is 82.7 Å². The lowest BCUT2D eigenvalue weighted by Gasteiger charge is -2.29. The number of carboxylic acid groups (broad SMARTS) is 1. The van der Waals surface area contributed by atoms with Gasteiger partial charge < -0.3 is 87.8 Å². The van der Waals surface area contributed by atoms with Gasteiger partial charge in [-0.25, -0.2) is 4.79 Å². The molecule has 23 N–H and O–H groups in total. The van der Waals surface area contributed by atoms with Crippen molar-refractivity contribution in [1.29, 1.82) is 0 Å². The highest BCUT2D eigenvalue weighted by Gasteiger charge is 2.36. The monoisotopic (exact) mass is 1130 g/mol. The van der Waals surface area contributed by atoms with E-state index in [-0.39, 0.29) is 99.2 Å². The second-order valence-corrected chi connectivity index (χ2v) is 19.7. The van der Waals surface area contributed by atoms with Crippen molar-refractivity contribution in [3.63, 3.8) is 0 Å². The molecule has 0 heterocycles. The second kappa shape index (κ2) is 37.7. The zero-order valence-electron chi connectivity index (χ0n) is 44.4. The van der Waals surface area contributed by atoms with E-state index in [2.05, 4.69) is 95.4 Å². The van der Waals surface area contributed by atoms with Crippen molar-refractivity contribution in [1.82, 2.24) is 42.5 Å². The van der Waals surface area contributed by atoms with Gasteiger partial charge in [0.05, 0.1) is 6.04 Å². The van der Waals surface area contributed by atoms with Crippen molar-refractivity contribution in [2.24, 2.45) is 72.9 Å². The molecule has 31 heteroatoms. The molecule has 28 nitrogen and oxygen atoms in total. The van der Waals surface area contributed by atoms with Crippen LogP contribution in [0.1, 0.15) is 99.3 Å². The molecule has 0 saturated carbocycles. The van der Waals surface area contributed by atoms with Crippen LogP contribution in [-0.2, 0) is 43.2 Å². The van der Waals surface area contributed by atoms with Gasteiger partial charge in [-0.1, -0.05) is 54.4 Å². The van der Waals surface area contributed by atoms with Crippen LogP contribution in [0.3, 0.4) is 0 Å². The molecule has 0 unspecified atom stereocenters. The van der Waals surface area contributed by atoms with Crippen molar-refractivity contribution in [2.45, 2.75) is 154 Å². The Balaban J connectivity index is 6.70. The van der Waals surface area contributed by atoms with Crippen molar-refractivity contribution in [3.05, 3.63) is 0 Å². The van der Waals surface area contributed by atoms with Gasteiger partial charge >= 0.3 is 5.97 Å². The number of thiol groups is 3. The molecule has 0 aromatic heterocycles. The van der Waals surface area contributed by atoms with E-state index in [1.807, 2.05) is 0 Å². The van der Waals surface area contributed by atoms with Crippen molar-refractivity contribution >= 4 is 109 Å². The van der Waals surface area contributed by atoms with Crippen LogP contribution >= 0.6 is 37.9 Å². The molecule has 11 atom stereocenters. The van der Waals surface area contributed by atoms with Gasteiger partial charge in [-0.2, -0.15) is 37.9 Å².